The van der Waals surface area contributed by atoms with Crippen molar-refractivity contribution in [3.05, 3.63) is 0 Å². The van der Waals surface area contributed by atoms with Crippen LogP contribution in [0.1, 0.15) is 25.7 Å². The third-order valence-electron chi connectivity index (χ3n) is 2.99. The number of ether oxygens (including phenoxy) is 1. The summed E-state index contributed by atoms with van der Waals surface area (Å²) < 4.78 is 5.05. The largest absolute Gasteiger partial charge is 0.449 e. The molecule has 1 atom stereocenters. The van der Waals surface area contributed by atoms with Gasteiger partial charge in [0, 0.05) is 12.6 Å². The molecule has 4 heteroatoms. The van der Waals surface area contributed by atoms with Crippen LogP contribution in [-0.4, -0.2) is 43.3 Å². The third-order valence-corrected chi connectivity index (χ3v) is 2.99. The second-order valence-electron chi connectivity index (χ2n) is 4.00. The van der Waals surface area contributed by atoms with Crippen LogP contribution in [0, 0.1) is 0 Å². The highest BCUT2D eigenvalue weighted by molar-refractivity contribution is 5.68. The molecule has 2 aliphatic heterocycles. The number of nitrogens with zero attached hydrogens (tertiary/aromatic N) is 1. The number of nitrogens with one attached hydrogen (secondary N) is 1. The molecule has 0 aliphatic carbocycles. The van der Waals surface area contributed by atoms with E-state index < -0.39 is 0 Å². The Balaban J connectivity index is 1.93. The van der Waals surface area contributed by atoms with Crippen LogP contribution in [0.5, 0.6) is 0 Å². The molecular weight excluding hydrogens is 180 g/mol. The molecule has 80 valence electrons. The zero-order valence-corrected chi connectivity index (χ0v) is 8.50. The molecule has 14 heavy (non-hydrogen) atoms. The lowest BCUT2D eigenvalue weighted by molar-refractivity contribution is 0.0525. The van der Waals surface area contributed by atoms with Gasteiger partial charge in [-0.05, 0) is 38.8 Å². The molecule has 0 aromatic carbocycles. The molecule has 0 aromatic heterocycles. The molecule has 0 bridgehead atoms. The molecule has 1 N–H and O–H groups in total. The fraction of sp³-hybridized carbons (Fsp3) is 0.900. The summed E-state index contributed by atoms with van der Waals surface area (Å²) in [6, 6.07) is 0.401. The lowest BCUT2D eigenvalue weighted by Crippen LogP contribution is -2.45. The van der Waals surface area contributed by atoms with Crippen LogP contribution in [0.4, 0.5) is 4.79 Å². The minimum absolute atomic E-state index is 0.108. The molecule has 0 spiro atoms. The first-order valence-corrected chi connectivity index (χ1v) is 5.52. The van der Waals surface area contributed by atoms with Crippen LogP contribution in [-0.2, 0) is 4.74 Å². The summed E-state index contributed by atoms with van der Waals surface area (Å²) in [4.78, 5) is 13.4. The van der Waals surface area contributed by atoms with E-state index >= 15 is 0 Å². The Labute approximate surface area is 84.6 Å². The van der Waals surface area contributed by atoms with Gasteiger partial charge in [0.1, 0.15) is 0 Å². The Bertz CT molecular complexity index is 200. The van der Waals surface area contributed by atoms with Gasteiger partial charge in [0.25, 0.3) is 0 Å². The van der Waals surface area contributed by atoms with Crippen molar-refractivity contribution in [1.29, 1.82) is 0 Å². The topological polar surface area (TPSA) is 41.6 Å². The number of cyclic esters (lactones) is 1. The summed E-state index contributed by atoms with van der Waals surface area (Å²) in [7, 11) is 0. The molecule has 0 aromatic rings. The van der Waals surface area contributed by atoms with Crippen molar-refractivity contribution in [1.82, 2.24) is 10.2 Å². The van der Waals surface area contributed by atoms with Gasteiger partial charge in [-0.2, -0.15) is 0 Å². The minimum atomic E-state index is -0.108. The van der Waals surface area contributed by atoms with Gasteiger partial charge >= 0.3 is 6.09 Å². The monoisotopic (exact) mass is 198 g/mol. The summed E-state index contributed by atoms with van der Waals surface area (Å²) in [5.74, 6) is 0. The Morgan fingerprint density at radius 1 is 1.29 bits per heavy atom. The SMILES string of the molecule is O=C1OCCCN1C1CCCNCC1. The van der Waals surface area contributed by atoms with Crippen molar-refractivity contribution in [3.63, 3.8) is 0 Å². The Morgan fingerprint density at radius 3 is 3.07 bits per heavy atom. The predicted molar refractivity (Wildman–Crippen MR) is 53.2 cm³/mol. The average Bonchev–Trinajstić information content (AvgIpc) is 2.47. The third kappa shape index (κ3) is 2.18. The van der Waals surface area contributed by atoms with Crippen molar-refractivity contribution in [3.8, 4) is 0 Å². The van der Waals surface area contributed by atoms with Crippen LogP contribution < -0.4 is 5.32 Å². The first kappa shape index (κ1) is 9.77. The lowest BCUT2D eigenvalue weighted by Gasteiger charge is -2.33. The van der Waals surface area contributed by atoms with Crippen LogP contribution in [0.15, 0.2) is 0 Å². The van der Waals surface area contributed by atoms with Gasteiger partial charge < -0.3 is 15.0 Å². The second-order valence-corrected chi connectivity index (χ2v) is 4.00. The van der Waals surface area contributed by atoms with Gasteiger partial charge in [-0.15, -0.1) is 0 Å². The molecule has 2 heterocycles. The van der Waals surface area contributed by atoms with Gasteiger partial charge in [0.15, 0.2) is 0 Å². The predicted octanol–water partition coefficient (Wildman–Crippen LogP) is 0.971. The summed E-state index contributed by atoms with van der Waals surface area (Å²) in [6.07, 6.45) is 4.21. The van der Waals surface area contributed by atoms with E-state index in [2.05, 4.69) is 5.32 Å². The summed E-state index contributed by atoms with van der Waals surface area (Å²) in [5, 5.41) is 3.35. The van der Waals surface area contributed by atoms with Crippen molar-refractivity contribution < 1.29 is 9.53 Å². The molecule has 0 radical (unpaired) electrons. The van der Waals surface area contributed by atoms with Gasteiger partial charge in [0.2, 0.25) is 0 Å². The van der Waals surface area contributed by atoms with E-state index in [1.54, 1.807) is 0 Å². The van der Waals surface area contributed by atoms with Crippen LogP contribution in [0.2, 0.25) is 0 Å². The zero-order chi connectivity index (χ0) is 9.80. The van der Waals surface area contributed by atoms with Crippen molar-refractivity contribution in [2.45, 2.75) is 31.7 Å². The summed E-state index contributed by atoms with van der Waals surface area (Å²) in [6.45, 7) is 3.58. The maximum absolute atomic E-state index is 11.5. The Morgan fingerprint density at radius 2 is 2.21 bits per heavy atom. The molecule has 2 saturated heterocycles. The van der Waals surface area contributed by atoms with Crippen molar-refractivity contribution in [2.24, 2.45) is 0 Å². The first-order valence-electron chi connectivity index (χ1n) is 5.52. The van der Waals surface area contributed by atoms with Gasteiger partial charge in [-0.25, -0.2) is 4.79 Å². The molecule has 0 saturated carbocycles. The van der Waals surface area contributed by atoms with E-state index in [1.807, 2.05) is 4.90 Å². The van der Waals surface area contributed by atoms with E-state index in [0.717, 1.165) is 45.3 Å². The van der Waals surface area contributed by atoms with E-state index in [-0.39, 0.29) is 6.09 Å². The normalized spacial score (nSPS) is 29.6. The van der Waals surface area contributed by atoms with E-state index in [9.17, 15) is 4.79 Å². The quantitative estimate of drug-likeness (QED) is 0.682. The molecule has 2 aliphatic rings. The van der Waals surface area contributed by atoms with E-state index in [1.165, 1.54) is 0 Å². The number of rotatable bonds is 1. The fourth-order valence-corrected chi connectivity index (χ4v) is 2.21. The zero-order valence-electron chi connectivity index (χ0n) is 8.50. The highest BCUT2D eigenvalue weighted by Crippen LogP contribution is 2.17. The summed E-state index contributed by atoms with van der Waals surface area (Å²) in [5.41, 5.74) is 0. The minimum Gasteiger partial charge on any atom is -0.449 e. The molecular formula is C10H18N2O2. The number of hydrogen-bond acceptors (Lipinski definition) is 3. The number of carbonyl (C=O) groups excluding carboxylic acids is 1. The molecule has 1 unspecified atom stereocenters. The van der Waals surface area contributed by atoms with Crippen LogP contribution >= 0.6 is 0 Å². The number of carbonyl (C=O) groups is 1. The van der Waals surface area contributed by atoms with E-state index in [0.29, 0.717) is 12.6 Å². The maximum Gasteiger partial charge on any atom is 0.410 e. The lowest BCUT2D eigenvalue weighted by atomic mass is 10.1. The molecule has 1 amide bonds. The van der Waals surface area contributed by atoms with Crippen LogP contribution in [0.25, 0.3) is 0 Å². The Kier molecular flexibility index (Phi) is 3.24. The van der Waals surface area contributed by atoms with Gasteiger partial charge in [0.05, 0.1) is 6.61 Å². The van der Waals surface area contributed by atoms with E-state index in [4.69, 9.17) is 4.74 Å². The number of hydrogen-bond donors (Lipinski definition) is 1. The average molecular weight is 198 g/mol. The highest BCUT2D eigenvalue weighted by Gasteiger charge is 2.27. The molecule has 2 rings (SSSR count). The standard InChI is InChI=1S/C10H18N2O2/c13-10-12(7-2-8-14-10)9-3-1-5-11-6-4-9/h9,11H,1-8H2. The first-order chi connectivity index (χ1) is 6.88. The number of amides is 1. The highest BCUT2D eigenvalue weighted by atomic mass is 16.6. The fourth-order valence-electron chi connectivity index (χ4n) is 2.21. The van der Waals surface area contributed by atoms with Crippen LogP contribution in [0.3, 0.4) is 0 Å². The maximum atomic E-state index is 11.5. The van der Waals surface area contributed by atoms with Crippen molar-refractivity contribution >= 4 is 6.09 Å². The second kappa shape index (κ2) is 4.64. The van der Waals surface area contributed by atoms with Crippen molar-refractivity contribution in [2.75, 3.05) is 26.2 Å². The van der Waals surface area contributed by atoms with Gasteiger partial charge in [-0.3, -0.25) is 0 Å². The summed E-state index contributed by atoms with van der Waals surface area (Å²) >= 11 is 0. The molecule has 4 nitrogen and oxygen atoms in total. The van der Waals surface area contributed by atoms with Gasteiger partial charge in [-0.1, -0.05) is 0 Å². The Hall–Kier alpha value is -0.770. The molecule has 2 fully saturated rings. The smallest absolute Gasteiger partial charge is 0.410 e.